The number of nitrogens with one attached hydrogen (secondary N) is 1. The molecular weight excluding hydrogens is 382 g/mol. The molecule has 2 heterocycles. The minimum absolute atomic E-state index is 0.112. The number of ether oxygens (including phenoxy) is 3. The standard InChI is InChI=1S/C23H23N3O4/c1-28-18-7-9-19(10-8-18)30-22-12-11-21(25-26-22)16-4-2-5-17(14-16)23(27)24-15-20-6-3-13-29-20/h2,4-5,7-12,14,20H,3,6,13,15H2,1H3,(H,24,27). The fourth-order valence-electron chi connectivity index (χ4n) is 3.23. The Morgan fingerprint density at radius 2 is 1.93 bits per heavy atom. The van der Waals surface area contributed by atoms with Crippen LogP contribution in [0.15, 0.2) is 60.7 Å². The predicted molar refractivity (Wildman–Crippen MR) is 112 cm³/mol. The highest BCUT2D eigenvalue weighted by Crippen LogP contribution is 2.24. The minimum Gasteiger partial charge on any atom is -0.497 e. The van der Waals surface area contributed by atoms with Gasteiger partial charge in [-0.2, -0.15) is 0 Å². The highest BCUT2D eigenvalue weighted by molar-refractivity contribution is 5.95. The van der Waals surface area contributed by atoms with Crippen LogP contribution in [0.1, 0.15) is 23.2 Å². The van der Waals surface area contributed by atoms with Gasteiger partial charge in [0.05, 0.1) is 18.9 Å². The van der Waals surface area contributed by atoms with Crippen LogP contribution in [-0.2, 0) is 4.74 Å². The molecule has 1 N–H and O–H groups in total. The van der Waals surface area contributed by atoms with Crippen LogP contribution in [0.4, 0.5) is 0 Å². The summed E-state index contributed by atoms with van der Waals surface area (Å²) in [5.74, 6) is 1.65. The van der Waals surface area contributed by atoms with E-state index in [0.29, 0.717) is 29.4 Å². The fraction of sp³-hybridized carbons (Fsp3) is 0.261. The summed E-state index contributed by atoms with van der Waals surface area (Å²) in [6.45, 7) is 1.30. The number of carbonyl (C=O) groups excluding carboxylic acids is 1. The number of aromatic nitrogens is 2. The molecule has 0 bridgehead atoms. The number of benzene rings is 2. The molecule has 7 nitrogen and oxygen atoms in total. The molecule has 0 spiro atoms. The molecule has 1 saturated heterocycles. The van der Waals surface area contributed by atoms with Crippen LogP contribution in [0.5, 0.6) is 17.4 Å². The van der Waals surface area contributed by atoms with Crippen molar-refractivity contribution in [1.82, 2.24) is 15.5 Å². The maximum atomic E-state index is 12.5. The molecular formula is C23H23N3O4. The molecule has 3 aromatic rings. The Hall–Kier alpha value is -3.45. The number of methoxy groups -OCH3 is 1. The van der Waals surface area contributed by atoms with Gasteiger partial charge in [-0.25, -0.2) is 0 Å². The monoisotopic (exact) mass is 405 g/mol. The van der Waals surface area contributed by atoms with Crippen LogP contribution in [0.25, 0.3) is 11.3 Å². The molecule has 1 aromatic heterocycles. The summed E-state index contributed by atoms with van der Waals surface area (Å²) in [6.07, 6.45) is 2.15. The molecule has 0 radical (unpaired) electrons. The van der Waals surface area contributed by atoms with Gasteiger partial charge in [0.15, 0.2) is 0 Å². The first-order chi connectivity index (χ1) is 14.7. The first kappa shape index (κ1) is 19.8. The highest BCUT2D eigenvalue weighted by atomic mass is 16.5. The maximum Gasteiger partial charge on any atom is 0.251 e. The van der Waals surface area contributed by atoms with E-state index in [2.05, 4.69) is 15.5 Å². The van der Waals surface area contributed by atoms with Crippen LogP contribution >= 0.6 is 0 Å². The molecule has 1 unspecified atom stereocenters. The van der Waals surface area contributed by atoms with Gasteiger partial charge in [-0.3, -0.25) is 4.79 Å². The normalized spacial score (nSPS) is 15.6. The van der Waals surface area contributed by atoms with Gasteiger partial charge in [0.25, 0.3) is 5.91 Å². The van der Waals surface area contributed by atoms with Crippen LogP contribution < -0.4 is 14.8 Å². The van der Waals surface area contributed by atoms with Crippen LogP contribution in [0.2, 0.25) is 0 Å². The van der Waals surface area contributed by atoms with Crippen LogP contribution in [-0.4, -0.2) is 42.5 Å². The molecule has 1 fully saturated rings. The molecule has 0 saturated carbocycles. The zero-order chi connectivity index (χ0) is 20.8. The lowest BCUT2D eigenvalue weighted by Crippen LogP contribution is -2.31. The van der Waals surface area contributed by atoms with Crippen molar-refractivity contribution in [2.75, 3.05) is 20.3 Å². The van der Waals surface area contributed by atoms with Crippen LogP contribution in [0.3, 0.4) is 0 Å². The molecule has 7 heteroatoms. The van der Waals surface area contributed by atoms with Crippen molar-refractivity contribution in [1.29, 1.82) is 0 Å². The van der Waals surface area contributed by atoms with Crippen molar-refractivity contribution in [3.63, 3.8) is 0 Å². The summed E-state index contributed by atoms with van der Waals surface area (Å²) in [7, 11) is 1.61. The number of amides is 1. The summed E-state index contributed by atoms with van der Waals surface area (Å²) in [5.41, 5.74) is 2.04. The van der Waals surface area contributed by atoms with Gasteiger partial charge in [0.2, 0.25) is 5.88 Å². The smallest absolute Gasteiger partial charge is 0.251 e. The summed E-state index contributed by atoms with van der Waals surface area (Å²) in [5, 5.41) is 11.3. The van der Waals surface area contributed by atoms with E-state index in [0.717, 1.165) is 30.8 Å². The highest BCUT2D eigenvalue weighted by Gasteiger charge is 2.17. The second-order valence-electron chi connectivity index (χ2n) is 6.96. The molecule has 30 heavy (non-hydrogen) atoms. The Balaban J connectivity index is 1.40. The van der Waals surface area contributed by atoms with Crippen LogP contribution in [0, 0.1) is 0 Å². The molecule has 1 aliphatic rings. The van der Waals surface area contributed by atoms with Gasteiger partial charge in [-0.1, -0.05) is 12.1 Å². The Morgan fingerprint density at radius 3 is 2.63 bits per heavy atom. The summed E-state index contributed by atoms with van der Waals surface area (Å²) in [4.78, 5) is 12.5. The fourth-order valence-corrected chi connectivity index (χ4v) is 3.23. The lowest BCUT2D eigenvalue weighted by Gasteiger charge is -2.11. The summed E-state index contributed by atoms with van der Waals surface area (Å²) >= 11 is 0. The zero-order valence-corrected chi connectivity index (χ0v) is 16.7. The number of hydrogen-bond donors (Lipinski definition) is 1. The van der Waals surface area contributed by atoms with Gasteiger partial charge >= 0.3 is 0 Å². The molecule has 1 aliphatic heterocycles. The molecule has 154 valence electrons. The Kier molecular flexibility index (Phi) is 6.20. The van der Waals surface area contributed by atoms with Gasteiger partial charge in [-0.05, 0) is 55.3 Å². The van der Waals surface area contributed by atoms with E-state index in [4.69, 9.17) is 14.2 Å². The number of carbonyl (C=O) groups is 1. The molecule has 1 amide bonds. The molecule has 0 aliphatic carbocycles. The maximum absolute atomic E-state index is 12.5. The zero-order valence-electron chi connectivity index (χ0n) is 16.7. The predicted octanol–water partition coefficient (Wildman–Crippen LogP) is 3.85. The average molecular weight is 405 g/mol. The van der Waals surface area contributed by atoms with E-state index >= 15 is 0 Å². The first-order valence-electron chi connectivity index (χ1n) is 9.87. The molecule has 1 atom stereocenters. The number of rotatable bonds is 7. The van der Waals surface area contributed by atoms with Crippen molar-refractivity contribution < 1.29 is 19.0 Å². The molecule has 2 aromatic carbocycles. The van der Waals surface area contributed by atoms with Gasteiger partial charge in [0.1, 0.15) is 11.5 Å². The van der Waals surface area contributed by atoms with Crippen molar-refractivity contribution in [2.45, 2.75) is 18.9 Å². The number of nitrogens with zero attached hydrogens (tertiary/aromatic N) is 2. The van der Waals surface area contributed by atoms with Crippen molar-refractivity contribution >= 4 is 5.91 Å². The van der Waals surface area contributed by atoms with Gasteiger partial charge < -0.3 is 19.5 Å². The first-order valence-corrected chi connectivity index (χ1v) is 9.87. The Bertz CT molecular complexity index is 984. The van der Waals surface area contributed by atoms with E-state index in [9.17, 15) is 4.79 Å². The second kappa shape index (κ2) is 9.37. The van der Waals surface area contributed by atoms with E-state index in [1.54, 1.807) is 37.4 Å². The number of hydrogen-bond acceptors (Lipinski definition) is 6. The summed E-state index contributed by atoms with van der Waals surface area (Å²) in [6, 6.07) is 18.1. The van der Waals surface area contributed by atoms with Gasteiger partial charge in [0, 0.05) is 30.3 Å². The minimum atomic E-state index is -0.125. The Morgan fingerprint density at radius 1 is 1.10 bits per heavy atom. The van der Waals surface area contributed by atoms with Gasteiger partial charge in [-0.15, -0.1) is 10.2 Å². The Labute approximate surface area is 175 Å². The third kappa shape index (κ3) is 4.93. The van der Waals surface area contributed by atoms with E-state index in [1.807, 2.05) is 30.3 Å². The average Bonchev–Trinajstić information content (AvgIpc) is 3.32. The largest absolute Gasteiger partial charge is 0.497 e. The third-order valence-corrected chi connectivity index (χ3v) is 4.86. The lowest BCUT2D eigenvalue weighted by atomic mass is 10.1. The topological polar surface area (TPSA) is 82.6 Å². The molecule has 4 rings (SSSR count). The van der Waals surface area contributed by atoms with E-state index in [-0.39, 0.29) is 12.0 Å². The SMILES string of the molecule is COc1ccc(Oc2ccc(-c3cccc(C(=O)NCC4CCCO4)c3)nn2)cc1. The van der Waals surface area contributed by atoms with Crippen molar-refractivity contribution in [3.8, 4) is 28.6 Å². The summed E-state index contributed by atoms with van der Waals surface area (Å²) < 4.78 is 16.4. The second-order valence-corrected chi connectivity index (χ2v) is 6.96. The van der Waals surface area contributed by atoms with Crippen molar-refractivity contribution in [3.05, 3.63) is 66.2 Å². The third-order valence-electron chi connectivity index (χ3n) is 4.86. The van der Waals surface area contributed by atoms with E-state index in [1.165, 1.54) is 0 Å². The quantitative estimate of drug-likeness (QED) is 0.643. The van der Waals surface area contributed by atoms with Crippen molar-refractivity contribution in [2.24, 2.45) is 0 Å². The lowest BCUT2D eigenvalue weighted by molar-refractivity contribution is 0.0858. The van der Waals surface area contributed by atoms with E-state index < -0.39 is 0 Å².